The molecule has 15 heavy (non-hydrogen) atoms. The van der Waals surface area contributed by atoms with Gasteiger partial charge in [0.2, 0.25) is 5.91 Å². The first kappa shape index (κ1) is 10.6. The molecule has 2 rings (SSSR count). The Balaban J connectivity index is 1.88. The fourth-order valence-corrected chi connectivity index (χ4v) is 2.61. The zero-order valence-corrected chi connectivity index (χ0v) is 9.78. The number of nitrogens with one attached hydrogen (secondary N) is 2. The van der Waals surface area contributed by atoms with E-state index in [1.54, 1.807) is 11.3 Å². The van der Waals surface area contributed by atoms with Gasteiger partial charge in [-0.15, -0.1) is 11.3 Å². The van der Waals surface area contributed by atoms with Gasteiger partial charge in [-0.2, -0.15) is 0 Å². The average Bonchev–Trinajstić information content (AvgIpc) is 2.70. The summed E-state index contributed by atoms with van der Waals surface area (Å²) >= 11 is 1.72. The Morgan fingerprint density at radius 2 is 2.40 bits per heavy atom. The van der Waals surface area contributed by atoms with Crippen LogP contribution in [0.15, 0.2) is 0 Å². The highest BCUT2D eigenvalue weighted by Crippen LogP contribution is 2.17. The Hall–Kier alpha value is -0.940. The molecule has 0 aliphatic carbocycles. The van der Waals surface area contributed by atoms with Gasteiger partial charge < -0.3 is 10.6 Å². The average molecular weight is 225 g/mol. The van der Waals surface area contributed by atoms with Gasteiger partial charge in [-0.1, -0.05) is 0 Å². The second-order valence-electron chi connectivity index (χ2n) is 3.83. The summed E-state index contributed by atoms with van der Waals surface area (Å²) < 4.78 is 0. The summed E-state index contributed by atoms with van der Waals surface area (Å²) in [6.07, 6.45) is 0.594. The van der Waals surface area contributed by atoms with Gasteiger partial charge in [0.05, 0.1) is 10.7 Å². The van der Waals surface area contributed by atoms with E-state index >= 15 is 0 Å². The molecule has 4 nitrogen and oxygen atoms in total. The molecule has 0 spiro atoms. The van der Waals surface area contributed by atoms with Crippen LogP contribution in [0.1, 0.15) is 22.0 Å². The molecular formula is C10H15N3OS. The third-order valence-electron chi connectivity index (χ3n) is 2.53. The Morgan fingerprint density at radius 1 is 1.60 bits per heavy atom. The van der Waals surface area contributed by atoms with Crippen molar-refractivity contribution in [2.75, 3.05) is 6.54 Å². The van der Waals surface area contributed by atoms with Crippen LogP contribution < -0.4 is 10.6 Å². The molecule has 1 unspecified atom stereocenters. The van der Waals surface area contributed by atoms with Crippen LogP contribution >= 0.6 is 11.3 Å². The molecule has 2 heterocycles. The van der Waals surface area contributed by atoms with Gasteiger partial charge in [0.25, 0.3) is 0 Å². The lowest BCUT2D eigenvalue weighted by molar-refractivity contribution is -0.119. The number of carbonyl (C=O) groups excluding carboxylic acids is 1. The fraction of sp³-hybridized carbons (Fsp3) is 0.600. The van der Waals surface area contributed by atoms with Crippen molar-refractivity contribution in [1.82, 2.24) is 15.6 Å². The highest BCUT2D eigenvalue weighted by Gasteiger charge is 2.20. The van der Waals surface area contributed by atoms with Crippen molar-refractivity contribution in [3.8, 4) is 0 Å². The van der Waals surface area contributed by atoms with Gasteiger partial charge in [0.1, 0.15) is 0 Å². The van der Waals surface area contributed by atoms with Crippen molar-refractivity contribution >= 4 is 17.2 Å². The van der Waals surface area contributed by atoms with E-state index in [4.69, 9.17) is 0 Å². The fourth-order valence-electron chi connectivity index (χ4n) is 1.72. The largest absolute Gasteiger partial charge is 0.354 e. The molecule has 0 saturated carbocycles. The van der Waals surface area contributed by atoms with Crippen LogP contribution in [-0.2, 0) is 11.3 Å². The third-order valence-corrected chi connectivity index (χ3v) is 3.60. The van der Waals surface area contributed by atoms with E-state index in [2.05, 4.69) is 15.6 Å². The van der Waals surface area contributed by atoms with Crippen LogP contribution in [0, 0.1) is 13.8 Å². The van der Waals surface area contributed by atoms with E-state index < -0.39 is 0 Å². The number of thiazole rings is 1. The van der Waals surface area contributed by atoms with Gasteiger partial charge >= 0.3 is 0 Å². The van der Waals surface area contributed by atoms with Crippen molar-refractivity contribution in [3.63, 3.8) is 0 Å². The van der Waals surface area contributed by atoms with Crippen LogP contribution in [0.2, 0.25) is 0 Å². The number of hydrogen-bond donors (Lipinski definition) is 2. The molecule has 5 heteroatoms. The second-order valence-corrected chi connectivity index (χ2v) is 5.12. The molecule has 1 fully saturated rings. The summed E-state index contributed by atoms with van der Waals surface area (Å²) in [5.74, 6) is 0.143. The number of hydrogen-bond acceptors (Lipinski definition) is 4. The SMILES string of the molecule is Cc1nc(C)c(CNC2CNC(=O)C2)s1. The van der Waals surface area contributed by atoms with Gasteiger partial charge in [-0.3, -0.25) is 4.79 Å². The lowest BCUT2D eigenvalue weighted by atomic mass is 10.2. The second kappa shape index (κ2) is 4.28. The number of nitrogens with zero attached hydrogens (tertiary/aromatic N) is 1. The Morgan fingerprint density at radius 3 is 2.93 bits per heavy atom. The molecule has 1 saturated heterocycles. The van der Waals surface area contributed by atoms with Crippen molar-refractivity contribution in [2.24, 2.45) is 0 Å². The monoisotopic (exact) mass is 225 g/mol. The first-order chi connectivity index (χ1) is 7.15. The summed E-state index contributed by atoms with van der Waals surface area (Å²) in [6.45, 7) is 5.60. The van der Waals surface area contributed by atoms with Crippen molar-refractivity contribution in [1.29, 1.82) is 0 Å². The van der Waals surface area contributed by atoms with Crippen LogP contribution in [-0.4, -0.2) is 23.5 Å². The number of amides is 1. The Bertz CT molecular complexity index is 375. The molecule has 0 aromatic carbocycles. The number of rotatable bonds is 3. The molecule has 1 aliphatic rings. The van der Waals surface area contributed by atoms with Crippen LogP contribution in [0.4, 0.5) is 0 Å². The maximum Gasteiger partial charge on any atom is 0.221 e. The molecule has 1 amide bonds. The van der Waals surface area contributed by atoms with Gasteiger partial charge in [0, 0.05) is 30.4 Å². The Kier molecular flexibility index (Phi) is 3.02. The molecule has 0 bridgehead atoms. The number of aromatic nitrogens is 1. The standard InChI is InChI=1S/C10H15N3OS/c1-6-9(15-7(2)13-6)5-11-8-3-10(14)12-4-8/h8,11H,3-5H2,1-2H3,(H,12,14). The van der Waals surface area contributed by atoms with Gasteiger partial charge in [-0.25, -0.2) is 4.98 Å². The minimum atomic E-state index is 0.143. The third kappa shape index (κ3) is 2.54. The van der Waals surface area contributed by atoms with E-state index in [1.165, 1.54) is 4.88 Å². The van der Waals surface area contributed by atoms with Gasteiger partial charge in [-0.05, 0) is 13.8 Å². The minimum Gasteiger partial charge on any atom is -0.354 e. The van der Waals surface area contributed by atoms with Crippen LogP contribution in [0.3, 0.4) is 0 Å². The predicted molar refractivity (Wildman–Crippen MR) is 59.8 cm³/mol. The maximum absolute atomic E-state index is 11.0. The zero-order chi connectivity index (χ0) is 10.8. The molecule has 1 aromatic rings. The molecule has 2 N–H and O–H groups in total. The van der Waals surface area contributed by atoms with Crippen molar-refractivity contribution in [3.05, 3.63) is 15.6 Å². The first-order valence-electron chi connectivity index (χ1n) is 5.08. The molecule has 1 aromatic heterocycles. The lowest BCUT2D eigenvalue weighted by Crippen LogP contribution is -2.30. The van der Waals surface area contributed by atoms with E-state index in [0.29, 0.717) is 6.42 Å². The highest BCUT2D eigenvalue weighted by atomic mass is 32.1. The maximum atomic E-state index is 11.0. The molecule has 1 aliphatic heterocycles. The number of aryl methyl sites for hydroxylation is 2. The van der Waals surface area contributed by atoms with Crippen LogP contribution in [0.5, 0.6) is 0 Å². The first-order valence-corrected chi connectivity index (χ1v) is 5.90. The normalized spacial score (nSPS) is 20.7. The van der Waals surface area contributed by atoms with E-state index in [9.17, 15) is 4.79 Å². The molecule has 1 atom stereocenters. The van der Waals surface area contributed by atoms with Crippen molar-refractivity contribution < 1.29 is 4.79 Å². The topological polar surface area (TPSA) is 54.0 Å². The van der Waals surface area contributed by atoms with E-state index in [0.717, 1.165) is 23.8 Å². The summed E-state index contributed by atoms with van der Waals surface area (Å²) in [7, 11) is 0. The van der Waals surface area contributed by atoms with Crippen molar-refractivity contribution in [2.45, 2.75) is 32.9 Å². The molecule has 0 radical (unpaired) electrons. The molecule has 82 valence electrons. The van der Waals surface area contributed by atoms with Crippen LogP contribution in [0.25, 0.3) is 0 Å². The summed E-state index contributed by atoms with van der Waals surface area (Å²) in [5.41, 5.74) is 1.10. The quantitative estimate of drug-likeness (QED) is 0.797. The summed E-state index contributed by atoms with van der Waals surface area (Å²) in [6, 6.07) is 0.277. The van der Waals surface area contributed by atoms with E-state index in [-0.39, 0.29) is 11.9 Å². The zero-order valence-electron chi connectivity index (χ0n) is 8.96. The summed E-state index contributed by atoms with van der Waals surface area (Å²) in [4.78, 5) is 16.6. The predicted octanol–water partition coefficient (Wildman–Crippen LogP) is 0.738. The number of carbonyl (C=O) groups is 1. The Labute approximate surface area is 93.1 Å². The highest BCUT2D eigenvalue weighted by molar-refractivity contribution is 7.11. The smallest absolute Gasteiger partial charge is 0.221 e. The summed E-state index contributed by atoms with van der Waals surface area (Å²) in [5, 5.41) is 7.28. The lowest BCUT2D eigenvalue weighted by Gasteiger charge is -2.08. The van der Waals surface area contributed by atoms with E-state index in [1.807, 2.05) is 13.8 Å². The molecular weight excluding hydrogens is 210 g/mol. The minimum absolute atomic E-state index is 0.143. The van der Waals surface area contributed by atoms with Gasteiger partial charge in [0.15, 0.2) is 0 Å².